The lowest BCUT2D eigenvalue weighted by Crippen LogP contribution is -2.17. The smallest absolute Gasteiger partial charge is 0.146 e. The number of likely N-dealkylation sites (N-methyl/N-ethyl adjacent to an activating group) is 1. The number of fused-ring (bicyclic) bond motifs is 1. The summed E-state index contributed by atoms with van der Waals surface area (Å²) >= 11 is 6.14. The third-order valence-electron chi connectivity index (χ3n) is 3.65. The highest BCUT2D eigenvalue weighted by atomic mass is 35.5. The molecule has 1 heterocycles. The van der Waals surface area contributed by atoms with E-state index >= 15 is 0 Å². The number of rotatable bonds is 3. The summed E-state index contributed by atoms with van der Waals surface area (Å²) in [6, 6.07) is 10.6. The Bertz CT molecular complexity index is 703. The zero-order valence-corrected chi connectivity index (χ0v) is 12.3. The maximum atomic E-state index is 11.4. The first-order valence-corrected chi connectivity index (χ1v) is 6.98. The second kappa shape index (κ2) is 5.39. The Kier molecular flexibility index (Phi) is 3.57. The van der Waals surface area contributed by atoms with Gasteiger partial charge in [-0.3, -0.25) is 4.90 Å². The van der Waals surface area contributed by atoms with Crippen molar-refractivity contribution in [1.29, 1.82) is 0 Å². The van der Waals surface area contributed by atoms with Crippen LogP contribution in [0.1, 0.15) is 17.2 Å². The second-order valence-electron chi connectivity index (χ2n) is 5.12. The monoisotopic (exact) mass is 302 g/mol. The van der Waals surface area contributed by atoms with Gasteiger partial charge in [0.15, 0.2) is 0 Å². The van der Waals surface area contributed by atoms with Crippen molar-refractivity contribution in [2.75, 3.05) is 12.8 Å². The van der Waals surface area contributed by atoms with Gasteiger partial charge in [0.25, 0.3) is 0 Å². The minimum Gasteiger partial charge on any atom is -0.455 e. The molecule has 1 aliphatic heterocycles. The van der Waals surface area contributed by atoms with E-state index in [0.29, 0.717) is 22.2 Å². The minimum absolute atomic E-state index is 0.288. The van der Waals surface area contributed by atoms with Crippen LogP contribution in [0.25, 0.3) is 0 Å². The molecule has 0 spiro atoms. The molecule has 1 aliphatic rings. The summed E-state index contributed by atoms with van der Waals surface area (Å²) in [5, 5.41) is 0.446. The van der Waals surface area contributed by atoms with Crippen molar-refractivity contribution in [1.82, 2.24) is 4.90 Å². The fourth-order valence-electron chi connectivity index (χ4n) is 2.63. The van der Waals surface area contributed by atoms with Crippen LogP contribution in [-0.4, -0.2) is 18.2 Å². The van der Waals surface area contributed by atoms with Crippen LogP contribution < -0.4 is 10.5 Å². The van der Waals surface area contributed by atoms with E-state index in [1.54, 1.807) is 18.2 Å². The van der Waals surface area contributed by atoms with E-state index < -0.39 is 0 Å². The number of hydrogen-bond acceptors (Lipinski definition) is 4. The van der Waals surface area contributed by atoms with Gasteiger partial charge in [-0.05, 0) is 36.9 Å². The molecule has 2 aromatic rings. The number of carbonyl (C=O) groups is 1. The van der Waals surface area contributed by atoms with Gasteiger partial charge in [-0.15, -0.1) is 0 Å². The number of ether oxygens (including phenoxy) is 1. The van der Waals surface area contributed by atoms with Crippen molar-refractivity contribution in [3.05, 3.63) is 52.5 Å². The molecule has 108 valence electrons. The molecular formula is C16H15ClN2O2. The Morgan fingerprint density at radius 2 is 2.14 bits per heavy atom. The number of aldehydes is 1. The lowest BCUT2D eigenvalue weighted by Gasteiger charge is -2.16. The first-order chi connectivity index (χ1) is 10.1. The summed E-state index contributed by atoms with van der Waals surface area (Å²) in [4.78, 5) is 13.3. The molecule has 0 aromatic heterocycles. The highest BCUT2D eigenvalue weighted by Gasteiger charge is 2.30. The molecule has 0 saturated carbocycles. The maximum Gasteiger partial charge on any atom is 0.146 e. The van der Waals surface area contributed by atoms with Crippen molar-refractivity contribution in [3.63, 3.8) is 0 Å². The SMILES string of the molecule is CN1Cc2cccc(Oc3ccc(N)cc3Cl)c2C1C=O. The maximum absolute atomic E-state index is 11.4. The molecular weight excluding hydrogens is 288 g/mol. The molecule has 0 amide bonds. The highest BCUT2D eigenvalue weighted by Crippen LogP contribution is 2.40. The van der Waals surface area contributed by atoms with E-state index in [-0.39, 0.29) is 6.04 Å². The third-order valence-corrected chi connectivity index (χ3v) is 3.95. The summed E-state index contributed by atoms with van der Waals surface area (Å²) < 4.78 is 5.91. The van der Waals surface area contributed by atoms with Crippen LogP contribution in [-0.2, 0) is 11.3 Å². The number of nitrogens with two attached hydrogens (primary N) is 1. The second-order valence-corrected chi connectivity index (χ2v) is 5.52. The number of anilines is 1. The van der Waals surface area contributed by atoms with Gasteiger partial charge < -0.3 is 15.3 Å². The molecule has 0 fully saturated rings. The molecule has 0 radical (unpaired) electrons. The van der Waals surface area contributed by atoms with Crippen LogP contribution in [0.15, 0.2) is 36.4 Å². The summed E-state index contributed by atoms with van der Waals surface area (Å²) in [6.45, 7) is 0.728. The summed E-state index contributed by atoms with van der Waals surface area (Å²) in [7, 11) is 1.92. The molecule has 21 heavy (non-hydrogen) atoms. The zero-order valence-electron chi connectivity index (χ0n) is 11.5. The number of hydrogen-bond donors (Lipinski definition) is 1. The topological polar surface area (TPSA) is 55.6 Å². The summed E-state index contributed by atoms with van der Waals surface area (Å²) in [5.41, 5.74) is 8.26. The lowest BCUT2D eigenvalue weighted by molar-refractivity contribution is -0.111. The van der Waals surface area contributed by atoms with Crippen LogP contribution in [0, 0.1) is 0 Å². The van der Waals surface area contributed by atoms with Crippen molar-refractivity contribution in [3.8, 4) is 11.5 Å². The van der Waals surface area contributed by atoms with Crippen LogP contribution in [0.5, 0.6) is 11.5 Å². The molecule has 2 aromatic carbocycles. The predicted molar refractivity (Wildman–Crippen MR) is 82.7 cm³/mol. The number of nitrogen functional groups attached to an aromatic ring is 1. The molecule has 0 saturated heterocycles. The standard InChI is InChI=1S/C16H15ClN2O2/c1-19-8-10-3-2-4-15(16(10)13(19)9-20)21-14-6-5-11(18)7-12(14)17/h2-7,9,13H,8,18H2,1H3. The Morgan fingerprint density at radius 3 is 2.86 bits per heavy atom. The zero-order chi connectivity index (χ0) is 15.0. The third kappa shape index (κ3) is 2.48. The Balaban J connectivity index is 2.01. The number of benzene rings is 2. The Hall–Kier alpha value is -2.04. The predicted octanol–water partition coefficient (Wildman–Crippen LogP) is 3.40. The average Bonchev–Trinajstić information content (AvgIpc) is 2.78. The Labute approximate surface area is 128 Å². The van der Waals surface area contributed by atoms with Gasteiger partial charge in [0.1, 0.15) is 17.8 Å². The lowest BCUT2D eigenvalue weighted by atomic mass is 10.0. The first kappa shape index (κ1) is 13.9. The van der Waals surface area contributed by atoms with Gasteiger partial charge in [-0.1, -0.05) is 23.7 Å². The van der Waals surface area contributed by atoms with E-state index in [1.807, 2.05) is 30.1 Å². The molecule has 0 aliphatic carbocycles. The fraction of sp³-hybridized carbons (Fsp3) is 0.188. The van der Waals surface area contributed by atoms with Crippen LogP contribution >= 0.6 is 11.6 Å². The molecule has 2 N–H and O–H groups in total. The first-order valence-electron chi connectivity index (χ1n) is 6.60. The normalized spacial score (nSPS) is 17.5. The number of halogens is 1. The molecule has 5 heteroatoms. The van der Waals surface area contributed by atoms with E-state index in [1.165, 1.54) is 0 Å². The number of nitrogens with zero attached hydrogens (tertiary/aromatic N) is 1. The van der Waals surface area contributed by atoms with E-state index in [4.69, 9.17) is 22.1 Å². The number of carbonyl (C=O) groups excluding carboxylic acids is 1. The summed E-state index contributed by atoms with van der Waals surface area (Å²) in [6.07, 6.45) is 0.934. The van der Waals surface area contributed by atoms with Crippen LogP contribution in [0.2, 0.25) is 5.02 Å². The van der Waals surface area contributed by atoms with Crippen molar-refractivity contribution in [2.45, 2.75) is 12.6 Å². The van der Waals surface area contributed by atoms with Gasteiger partial charge in [-0.2, -0.15) is 0 Å². The van der Waals surface area contributed by atoms with Crippen molar-refractivity contribution < 1.29 is 9.53 Å². The van der Waals surface area contributed by atoms with Crippen LogP contribution in [0.3, 0.4) is 0 Å². The van der Waals surface area contributed by atoms with E-state index in [2.05, 4.69) is 0 Å². The van der Waals surface area contributed by atoms with Crippen LogP contribution in [0.4, 0.5) is 5.69 Å². The molecule has 4 nitrogen and oxygen atoms in total. The van der Waals surface area contributed by atoms with Gasteiger partial charge in [0.05, 0.1) is 11.1 Å². The van der Waals surface area contributed by atoms with E-state index in [0.717, 1.165) is 24.0 Å². The summed E-state index contributed by atoms with van der Waals surface area (Å²) in [5.74, 6) is 1.18. The molecule has 0 bridgehead atoms. The van der Waals surface area contributed by atoms with E-state index in [9.17, 15) is 4.79 Å². The van der Waals surface area contributed by atoms with Gasteiger partial charge in [0.2, 0.25) is 0 Å². The Morgan fingerprint density at radius 1 is 1.33 bits per heavy atom. The quantitative estimate of drug-likeness (QED) is 0.697. The largest absolute Gasteiger partial charge is 0.455 e. The fourth-order valence-corrected chi connectivity index (χ4v) is 2.86. The average molecular weight is 303 g/mol. The van der Waals surface area contributed by atoms with Gasteiger partial charge >= 0.3 is 0 Å². The minimum atomic E-state index is -0.288. The molecule has 3 rings (SSSR count). The molecule has 1 atom stereocenters. The molecule has 1 unspecified atom stereocenters. The van der Waals surface area contributed by atoms with Gasteiger partial charge in [-0.25, -0.2) is 0 Å². The van der Waals surface area contributed by atoms with Crippen molar-refractivity contribution >= 4 is 23.6 Å². The van der Waals surface area contributed by atoms with Crippen molar-refractivity contribution in [2.24, 2.45) is 0 Å². The highest BCUT2D eigenvalue weighted by molar-refractivity contribution is 6.32. The van der Waals surface area contributed by atoms with Gasteiger partial charge in [0, 0.05) is 17.8 Å².